The fourth-order valence-electron chi connectivity index (χ4n) is 1.45. The largest absolute Gasteiger partial charge is 0.363 e. The van der Waals surface area contributed by atoms with E-state index in [1.165, 1.54) is 16.4 Å². The highest BCUT2D eigenvalue weighted by Gasteiger charge is 2.41. The summed E-state index contributed by atoms with van der Waals surface area (Å²) in [5.74, 6) is -0.281. The molecular weight excluding hydrogens is 526 g/mol. The maximum atomic E-state index is 12.4. The van der Waals surface area contributed by atoms with Crippen LogP contribution in [-0.4, -0.2) is 60.1 Å². The van der Waals surface area contributed by atoms with Gasteiger partial charge < -0.3 is 9.62 Å². The Morgan fingerprint density at radius 1 is 1.27 bits per heavy atom. The molecule has 1 unspecified atom stereocenters. The zero-order valence-corrected chi connectivity index (χ0v) is 18.9. The first-order chi connectivity index (χ1) is 9.84. The van der Waals surface area contributed by atoms with Crippen molar-refractivity contribution >= 4 is 83.1 Å². The van der Waals surface area contributed by atoms with Crippen molar-refractivity contribution in [3.05, 3.63) is 0 Å². The molecule has 1 fully saturated rings. The normalized spacial score (nSPS) is 20.3. The van der Waals surface area contributed by atoms with E-state index in [9.17, 15) is 9.59 Å². The van der Waals surface area contributed by atoms with Crippen LogP contribution in [0.3, 0.4) is 0 Å². The van der Waals surface area contributed by atoms with Crippen LogP contribution in [0.5, 0.6) is 0 Å². The van der Waals surface area contributed by atoms with E-state index in [-0.39, 0.29) is 32.6 Å². The molecule has 2 radical (unpaired) electrons. The Morgan fingerprint density at radius 3 is 2.27 bits per heavy atom. The third-order valence-electron chi connectivity index (χ3n) is 3.23. The van der Waals surface area contributed by atoms with Crippen molar-refractivity contribution in [3.63, 3.8) is 0 Å². The first kappa shape index (κ1) is 21.0. The number of imide groups is 1. The molecule has 1 heterocycles. The maximum Gasteiger partial charge on any atom is 0.363 e. The molecule has 5 nitrogen and oxygen atoms in total. The van der Waals surface area contributed by atoms with Crippen LogP contribution in [0.25, 0.3) is 0 Å². The summed E-state index contributed by atoms with van der Waals surface area (Å²) in [7, 11) is 3.48. The van der Waals surface area contributed by atoms with Gasteiger partial charge in [0.05, 0.1) is 8.80 Å². The van der Waals surface area contributed by atoms with Gasteiger partial charge >= 0.3 is 7.55 Å². The second kappa shape index (κ2) is 7.92. The summed E-state index contributed by atoms with van der Waals surface area (Å²) < 4.78 is 1.86. The predicted molar refractivity (Wildman–Crippen MR) is 111 cm³/mol. The molecule has 1 rings (SSSR count). The molecule has 1 aliphatic rings. The molecule has 1 aliphatic heterocycles. The molecule has 0 aromatic heterocycles. The molecule has 0 aromatic carbocycles. The molecular formula is C12H21B2I2N3O2S. The van der Waals surface area contributed by atoms with Crippen LogP contribution in [0.15, 0.2) is 0 Å². The van der Waals surface area contributed by atoms with Crippen LogP contribution in [0.2, 0.25) is 0 Å². The third kappa shape index (κ3) is 5.82. The lowest BCUT2D eigenvalue weighted by molar-refractivity contribution is -0.132. The van der Waals surface area contributed by atoms with Gasteiger partial charge in [-0.3, -0.25) is 12.6 Å². The number of nitrogens with zero attached hydrogens (tertiary/aromatic N) is 3. The zero-order chi connectivity index (χ0) is 17.3. The number of hydrogen-bond acceptors (Lipinski definition) is 5. The minimum absolute atomic E-state index is 0.0174. The highest BCUT2D eigenvalue weighted by atomic mass is 127. The van der Waals surface area contributed by atoms with Gasteiger partial charge in [0, 0.05) is 34.8 Å². The Kier molecular flexibility index (Phi) is 7.58. The Bertz CT molecular complexity index is 443. The Labute approximate surface area is 166 Å². The highest BCUT2D eigenvalue weighted by molar-refractivity contribution is 14.1. The number of halogens is 2. The quantitative estimate of drug-likeness (QED) is 0.128. The molecule has 1 atom stereocenters. The lowest BCUT2D eigenvalue weighted by Crippen LogP contribution is -2.49. The van der Waals surface area contributed by atoms with Crippen molar-refractivity contribution in [3.8, 4) is 0 Å². The number of alkyl halides is 1. The summed E-state index contributed by atoms with van der Waals surface area (Å²) in [6, 6.07) is 0. The van der Waals surface area contributed by atoms with Crippen LogP contribution in [0.4, 0.5) is 0 Å². The molecule has 0 spiro atoms. The lowest BCUT2D eigenvalue weighted by atomic mass is 10.0. The Hall–Kier alpha value is 1.000. The number of carbonyl (C=O) groups is 2. The number of rotatable bonds is 6. The van der Waals surface area contributed by atoms with Crippen LogP contribution < -0.4 is 0 Å². The van der Waals surface area contributed by atoms with Crippen LogP contribution in [0, 0.1) is 0 Å². The molecule has 0 aromatic rings. The lowest BCUT2D eigenvalue weighted by Gasteiger charge is -2.31. The second-order valence-electron chi connectivity index (χ2n) is 6.65. The monoisotopic (exact) mass is 547 g/mol. The summed E-state index contributed by atoms with van der Waals surface area (Å²) in [4.78, 5) is 27.7. The van der Waals surface area contributed by atoms with E-state index in [2.05, 4.69) is 66.2 Å². The molecule has 0 bridgehead atoms. The van der Waals surface area contributed by atoms with Gasteiger partial charge in [0.1, 0.15) is 0 Å². The molecule has 0 aliphatic carbocycles. The molecule has 1 saturated heterocycles. The SMILES string of the molecule is CN([B]N1C(=O)CC(S[B]N(I)C(C)(C)C)C1=O)C(C)(C)I. The van der Waals surface area contributed by atoms with Gasteiger partial charge in [-0.1, -0.05) is 22.6 Å². The number of amides is 2. The average Bonchev–Trinajstić information content (AvgIpc) is 2.61. The number of carbonyl (C=O) groups excluding carboxylic acids is 2. The van der Waals surface area contributed by atoms with Crippen molar-refractivity contribution in [1.29, 1.82) is 0 Å². The van der Waals surface area contributed by atoms with Crippen molar-refractivity contribution < 1.29 is 9.59 Å². The van der Waals surface area contributed by atoms with Gasteiger partial charge in [0.25, 0.3) is 6.69 Å². The molecule has 0 N–H and O–H groups in total. The summed E-state index contributed by atoms with van der Waals surface area (Å²) in [6.45, 7) is 12.2. The average molecular weight is 547 g/mol. The van der Waals surface area contributed by atoms with E-state index in [1.54, 1.807) is 7.55 Å². The Balaban J connectivity index is 2.61. The van der Waals surface area contributed by atoms with E-state index in [0.29, 0.717) is 0 Å². The fraction of sp³-hybridized carbons (Fsp3) is 0.833. The van der Waals surface area contributed by atoms with Gasteiger partial charge in [-0.25, -0.2) is 0 Å². The smallest absolute Gasteiger partial charge is 0.316 e. The summed E-state index contributed by atoms with van der Waals surface area (Å²) in [5, 5.41) is -0.339. The summed E-state index contributed by atoms with van der Waals surface area (Å²) >= 11 is 5.89. The molecule has 2 amide bonds. The van der Waals surface area contributed by atoms with E-state index in [1.807, 2.05) is 35.4 Å². The van der Waals surface area contributed by atoms with Crippen molar-refractivity contribution in [2.24, 2.45) is 0 Å². The third-order valence-corrected chi connectivity index (χ3v) is 7.12. The van der Waals surface area contributed by atoms with Crippen molar-refractivity contribution in [2.75, 3.05) is 7.05 Å². The molecule has 22 heavy (non-hydrogen) atoms. The minimum Gasteiger partial charge on any atom is -0.316 e. The van der Waals surface area contributed by atoms with Crippen molar-refractivity contribution in [2.45, 2.75) is 55.4 Å². The van der Waals surface area contributed by atoms with Gasteiger partial charge in [-0.2, -0.15) is 11.6 Å². The van der Waals surface area contributed by atoms with E-state index >= 15 is 0 Å². The fourth-order valence-corrected chi connectivity index (χ4v) is 3.00. The summed E-state index contributed by atoms with van der Waals surface area (Å²) in [6.07, 6.45) is 0.251. The topological polar surface area (TPSA) is 43.9 Å². The van der Waals surface area contributed by atoms with E-state index in [4.69, 9.17) is 0 Å². The Morgan fingerprint density at radius 2 is 1.82 bits per heavy atom. The van der Waals surface area contributed by atoms with Crippen molar-refractivity contribution in [1.82, 2.24) is 12.6 Å². The minimum atomic E-state index is -0.339. The van der Waals surface area contributed by atoms with Crippen LogP contribution in [0.1, 0.15) is 41.0 Å². The van der Waals surface area contributed by atoms with Gasteiger partial charge in [-0.15, -0.1) is 0 Å². The molecule has 10 heteroatoms. The number of hydrogen-bond donors (Lipinski definition) is 0. The van der Waals surface area contributed by atoms with E-state index < -0.39 is 0 Å². The second-order valence-corrected chi connectivity index (χ2v) is 11.4. The van der Waals surface area contributed by atoms with Gasteiger partial charge in [0.15, 0.2) is 0 Å². The first-order valence-corrected chi connectivity index (χ1v) is 9.89. The first-order valence-electron chi connectivity index (χ1n) is 6.90. The van der Waals surface area contributed by atoms with Gasteiger partial charge in [0.2, 0.25) is 11.8 Å². The molecule has 122 valence electrons. The van der Waals surface area contributed by atoms with Gasteiger partial charge in [-0.05, 0) is 41.7 Å². The summed E-state index contributed by atoms with van der Waals surface area (Å²) in [5.41, 5.74) is -0.0174. The highest BCUT2D eigenvalue weighted by Crippen LogP contribution is 2.29. The van der Waals surface area contributed by atoms with Crippen LogP contribution in [-0.2, 0) is 9.59 Å². The maximum absolute atomic E-state index is 12.4. The molecule has 0 saturated carbocycles. The standard InChI is InChI=1S/C12H21B2I2N3O2S/c1-11(2,3)19(16)14-22-8-7-9(20)18(10(8)21)13-17(6)12(4,5)15/h8H,7H2,1-6H3. The zero-order valence-electron chi connectivity index (χ0n) is 13.8. The van der Waals surface area contributed by atoms with Crippen LogP contribution >= 0.6 is 57.1 Å². The van der Waals surface area contributed by atoms with E-state index in [0.717, 1.165) is 0 Å². The predicted octanol–water partition coefficient (Wildman–Crippen LogP) is 2.47.